The summed E-state index contributed by atoms with van der Waals surface area (Å²) in [5, 5.41) is 0. The van der Waals surface area contributed by atoms with Crippen molar-refractivity contribution < 1.29 is 9.53 Å². The molecule has 0 aromatic carbocycles. The highest BCUT2D eigenvalue weighted by Gasteiger charge is 2.25. The number of rotatable bonds is 5. The highest BCUT2D eigenvalue weighted by Crippen LogP contribution is 2.26. The number of nitrogens with zero attached hydrogens (tertiary/aromatic N) is 2. The van der Waals surface area contributed by atoms with Crippen LogP contribution in [-0.4, -0.2) is 61.6 Å². The highest BCUT2D eigenvalue weighted by molar-refractivity contribution is 5.78. The van der Waals surface area contributed by atoms with Crippen molar-refractivity contribution in [3.63, 3.8) is 0 Å². The number of amides is 1. The Morgan fingerprint density at radius 3 is 2.43 bits per heavy atom. The Balaban J connectivity index is 1.71. The van der Waals surface area contributed by atoms with Gasteiger partial charge in [-0.25, -0.2) is 0 Å². The lowest BCUT2D eigenvalue weighted by Crippen LogP contribution is -2.45. The van der Waals surface area contributed by atoms with Crippen molar-refractivity contribution in [3.05, 3.63) is 0 Å². The molecule has 0 radical (unpaired) electrons. The fourth-order valence-electron chi connectivity index (χ4n) is 3.54. The Kier molecular flexibility index (Phi) is 6.49. The van der Waals surface area contributed by atoms with Crippen molar-refractivity contribution in [2.45, 2.75) is 64.0 Å². The molecule has 1 saturated heterocycles. The van der Waals surface area contributed by atoms with Crippen molar-refractivity contribution in [2.24, 2.45) is 5.92 Å². The number of carbonyl (C=O) groups is 1. The van der Waals surface area contributed by atoms with Gasteiger partial charge in [0, 0.05) is 26.2 Å². The van der Waals surface area contributed by atoms with E-state index in [-0.39, 0.29) is 5.91 Å². The number of ether oxygens (including phenoxy) is 1. The lowest BCUT2D eigenvalue weighted by molar-refractivity contribution is -0.134. The molecule has 0 spiro atoms. The first kappa shape index (κ1) is 16.8. The maximum atomic E-state index is 12.4. The minimum absolute atomic E-state index is 0.257. The molecule has 122 valence electrons. The van der Waals surface area contributed by atoms with Crippen LogP contribution in [0.25, 0.3) is 0 Å². The third kappa shape index (κ3) is 5.26. The van der Waals surface area contributed by atoms with E-state index in [1.807, 2.05) is 19.0 Å². The Morgan fingerprint density at radius 1 is 1.10 bits per heavy atom. The quantitative estimate of drug-likeness (QED) is 0.781. The molecule has 2 rings (SSSR count). The van der Waals surface area contributed by atoms with E-state index >= 15 is 0 Å². The zero-order valence-corrected chi connectivity index (χ0v) is 14.0. The molecule has 2 fully saturated rings. The van der Waals surface area contributed by atoms with Gasteiger partial charge in [0.2, 0.25) is 5.91 Å². The maximum Gasteiger partial charge on any atom is 0.236 e. The summed E-state index contributed by atoms with van der Waals surface area (Å²) < 4.78 is 5.75. The minimum Gasteiger partial charge on any atom is -0.377 e. The van der Waals surface area contributed by atoms with Crippen molar-refractivity contribution in [1.82, 2.24) is 9.80 Å². The second-order valence-corrected chi connectivity index (χ2v) is 7.10. The molecule has 4 nitrogen and oxygen atoms in total. The molecule has 4 heteroatoms. The van der Waals surface area contributed by atoms with E-state index in [0.29, 0.717) is 18.7 Å². The van der Waals surface area contributed by atoms with Crippen LogP contribution in [0, 0.1) is 5.92 Å². The summed E-state index contributed by atoms with van der Waals surface area (Å²) in [7, 11) is 4.01. The molecule has 2 aliphatic rings. The Labute approximate surface area is 129 Å². The average Bonchev–Trinajstić information content (AvgIpc) is 2.48. The van der Waals surface area contributed by atoms with E-state index in [2.05, 4.69) is 11.8 Å². The average molecular weight is 296 g/mol. The molecule has 1 heterocycles. The van der Waals surface area contributed by atoms with Crippen LogP contribution in [0.1, 0.15) is 51.9 Å². The molecule has 0 aromatic rings. The van der Waals surface area contributed by atoms with Crippen molar-refractivity contribution in [3.8, 4) is 0 Å². The standard InChI is InChI=1S/C17H32N2O2/c1-14-7-9-15(10-8-14)19(3)17(20)13-18(2)12-16-6-4-5-11-21-16/h14-16H,4-13H2,1-3H3/t14?,15?,16-/m0/s1. The Hall–Kier alpha value is -0.610. The Morgan fingerprint density at radius 2 is 1.81 bits per heavy atom. The van der Waals surface area contributed by atoms with Crippen LogP contribution in [0.3, 0.4) is 0 Å². The first-order valence-electron chi connectivity index (χ1n) is 8.62. The van der Waals surface area contributed by atoms with Gasteiger partial charge in [0.15, 0.2) is 0 Å². The zero-order valence-electron chi connectivity index (χ0n) is 14.0. The van der Waals surface area contributed by atoms with Gasteiger partial charge in [0.05, 0.1) is 12.6 Å². The van der Waals surface area contributed by atoms with E-state index in [9.17, 15) is 4.79 Å². The monoisotopic (exact) mass is 296 g/mol. The van der Waals surface area contributed by atoms with Gasteiger partial charge >= 0.3 is 0 Å². The summed E-state index contributed by atoms with van der Waals surface area (Å²) in [6, 6.07) is 0.452. The van der Waals surface area contributed by atoms with Gasteiger partial charge in [-0.2, -0.15) is 0 Å². The second-order valence-electron chi connectivity index (χ2n) is 7.10. The van der Waals surface area contributed by atoms with E-state index in [1.165, 1.54) is 38.5 Å². The normalized spacial score (nSPS) is 30.4. The summed E-state index contributed by atoms with van der Waals surface area (Å²) in [4.78, 5) is 16.5. The van der Waals surface area contributed by atoms with Crippen LogP contribution >= 0.6 is 0 Å². The fourth-order valence-corrected chi connectivity index (χ4v) is 3.54. The molecule has 1 atom stereocenters. The van der Waals surface area contributed by atoms with Crippen LogP contribution in [0.2, 0.25) is 0 Å². The van der Waals surface area contributed by atoms with Crippen LogP contribution in [0.4, 0.5) is 0 Å². The fraction of sp³-hybridized carbons (Fsp3) is 0.941. The van der Waals surface area contributed by atoms with Crippen LogP contribution in [0.15, 0.2) is 0 Å². The van der Waals surface area contributed by atoms with Crippen LogP contribution in [0.5, 0.6) is 0 Å². The number of hydrogen-bond donors (Lipinski definition) is 0. The molecule has 1 aliphatic heterocycles. The lowest BCUT2D eigenvalue weighted by Gasteiger charge is -2.35. The molecule has 1 aliphatic carbocycles. The largest absolute Gasteiger partial charge is 0.377 e. The summed E-state index contributed by atoms with van der Waals surface area (Å²) in [6.45, 7) is 4.59. The van der Waals surface area contributed by atoms with E-state index in [4.69, 9.17) is 4.74 Å². The predicted molar refractivity (Wildman–Crippen MR) is 85.3 cm³/mol. The lowest BCUT2D eigenvalue weighted by atomic mass is 9.87. The molecule has 0 bridgehead atoms. The predicted octanol–water partition coefficient (Wildman–Crippen LogP) is 2.52. The van der Waals surface area contributed by atoms with Gasteiger partial charge in [0.25, 0.3) is 0 Å². The van der Waals surface area contributed by atoms with Crippen LogP contribution < -0.4 is 0 Å². The SMILES string of the molecule is CC1CCC(N(C)C(=O)CN(C)C[C@@H]2CCCCO2)CC1. The smallest absolute Gasteiger partial charge is 0.236 e. The molecule has 0 unspecified atom stereocenters. The maximum absolute atomic E-state index is 12.4. The summed E-state index contributed by atoms with van der Waals surface area (Å²) in [6.07, 6.45) is 8.74. The molecular formula is C17H32N2O2. The van der Waals surface area contributed by atoms with Crippen LogP contribution in [-0.2, 0) is 9.53 Å². The molecular weight excluding hydrogens is 264 g/mol. The van der Waals surface area contributed by atoms with E-state index < -0.39 is 0 Å². The molecule has 0 aromatic heterocycles. The topological polar surface area (TPSA) is 32.8 Å². The first-order valence-corrected chi connectivity index (χ1v) is 8.62. The van der Waals surface area contributed by atoms with Crippen molar-refractivity contribution >= 4 is 5.91 Å². The molecule has 1 saturated carbocycles. The van der Waals surface area contributed by atoms with E-state index in [0.717, 1.165) is 25.5 Å². The summed E-state index contributed by atoms with van der Waals surface area (Å²) in [5.41, 5.74) is 0. The zero-order chi connectivity index (χ0) is 15.2. The van der Waals surface area contributed by atoms with Crippen molar-refractivity contribution in [1.29, 1.82) is 0 Å². The first-order chi connectivity index (χ1) is 10.1. The van der Waals surface area contributed by atoms with Gasteiger partial charge in [-0.05, 0) is 57.9 Å². The third-order valence-corrected chi connectivity index (χ3v) is 5.12. The van der Waals surface area contributed by atoms with Gasteiger partial charge in [0.1, 0.15) is 0 Å². The molecule has 1 amide bonds. The highest BCUT2D eigenvalue weighted by atomic mass is 16.5. The number of carbonyl (C=O) groups excluding carboxylic acids is 1. The number of likely N-dealkylation sites (N-methyl/N-ethyl adjacent to an activating group) is 2. The van der Waals surface area contributed by atoms with Gasteiger partial charge < -0.3 is 9.64 Å². The third-order valence-electron chi connectivity index (χ3n) is 5.12. The van der Waals surface area contributed by atoms with Crippen molar-refractivity contribution in [2.75, 3.05) is 33.8 Å². The summed E-state index contributed by atoms with van der Waals surface area (Å²) in [5.74, 6) is 1.09. The van der Waals surface area contributed by atoms with Gasteiger partial charge in [-0.3, -0.25) is 9.69 Å². The molecule has 0 N–H and O–H groups in total. The van der Waals surface area contributed by atoms with E-state index in [1.54, 1.807) is 0 Å². The summed E-state index contributed by atoms with van der Waals surface area (Å²) >= 11 is 0. The molecule has 21 heavy (non-hydrogen) atoms. The number of hydrogen-bond acceptors (Lipinski definition) is 3. The van der Waals surface area contributed by atoms with Gasteiger partial charge in [-0.15, -0.1) is 0 Å². The second kappa shape index (κ2) is 8.14. The van der Waals surface area contributed by atoms with Gasteiger partial charge in [-0.1, -0.05) is 6.92 Å². The Bertz CT molecular complexity index is 321. The minimum atomic E-state index is 0.257.